The summed E-state index contributed by atoms with van der Waals surface area (Å²) < 4.78 is 38.7. The molecule has 0 radical (unpaired) electrons. The van der Waals surface area contributed by atoms with Crippen LogP contribution in [0.1, 0.15) is 41.3 Å². The molecule has 1 aromatic heterocycles. The number of anilines is 1. The van der Waals surface area contributed by atoms with Crippen molar-refractivity contribution in [2.75, 3.05) is 25.0 Å². The number of likely N-dealkylation sites (N-methyl/N-ethyl adjacent to an activating group) is 1. The maximum absolute atomic E-state index is 14.8. The minimum Gasteiger partial charge on any atom is -0.370 e. The van der Waals surface area contributed by atoms with Gasteiger partial charge in [0.1, 0.15) is 10.7 Å². The summed E-state index contributed by atoms with van der Waals surface area (Å²) in [7, 11) is -2.20. The van der Waals surface area contributed by atoms with Gasteiger partial charge in [0.25, 0.3) is 0 Å². The van der Waals surface area contributed by atoms with Crippen molar-refractivity contribution < 1.29 is 12.8 Å². The molecule has 174 valence electrons. The summed E-state index contributed by atoms with van der Waals surface area (Å²) in [6.07, 6.45) is 3.61. The third-order valence-electron chi connectivity index (χ3n) is 6.96. The molecule has 1 aliphatic carbocycles. The van der Waals surface area contributed by atoms with Crippen LogP contribution in [0.5, 0.6) is 0 Å². The lowest BCUT2D eigenvalue weighted by Gasteiger charge is -2.31. The largest absolute Gasteiger partial charge is 0.370 e. The van der Waals surface area contributed by atoms with E-state index < -0.39 is 20.7 Å². The number of aryl methyl sites for hydroxylation is 1. The van der Waals surface area contributed by atoms with Crippen LogP contribution >= 0.6 is 11.3 Å². The molecule has 0 unspecified atom stereocenters. The van der Waals surface area contributed by atoms with E-state index in [1.54, 1.807) is 5.51 Å². The molecular formula is C24H27FN4O2S2. The summed E-state index contributed by atoms with van der Waals surface area (Å²) in [6.45, 7) is 1.86. The predicted octanol–water partition coefficient (Wildman–Crippen LogP) is 3.72. The highest BCUT2D eigenvalue weighted by molar-refractivity contribution is 7.89. The van der Waals surface area contributed by atoms with Crippen molar-refractivity contribution >= 4 is 27.0 Å². The second-order valence-corrected chi connectivity index (χ2v) is 11.2. The van der Waals surface area contributed by atoms with Crippen LogP contribution in [0.4, 0.5) is 10.1 Å². The van der Waals surface area contributed by atoms with Gasteiger partial charge in [-0.05, 0) is 48.1 Å². The average Bonchev–Trinajstić information content (AvgIpc) is 3.53. The second kappa shape index (κ2) is 8.79. The molecule has 33 heavy (non-hydrogen) atoms. The first-order valence-electron chi connectivity index (χ1n) is 11.1. The van der Waals surface area contributed by atoms with Gasteiger partial charge in [-0.25, -0.2) is 22.9 Å². The maximum Gasteiger partial charge on any atom is 0.240 e. The van der Waals surface area contributed by atoms with Crippen molar-refractivity contribution in [1.29, 1.82) is 0 Å². The minimum atomic E-state index is -4.16. The first-order chi connectivity index (χ1) is 15.8. The Kier molecular flexibility index (Phi) is 5.98. The first-order valence-corrected chi connectivity index (χ1v) is 13.6. The molecule has 3 aromatic rings. The van der Waals surface area contributed by atoms with Crippen LogP contribution in [0.2, 0.25) is 0 Å². The average molecular weight is 487 g/mol. The first kappa shape index (κ1) is 22.5. The lowest BCUT2D eigenvalue weighted by molar-refractivity contribution is 0.242. The van der Waals surface area contributed by atoms with Crippen molar-refractivity contribution in [3.8, 4) is 0 Å². The molecule has 0 bridgehead atoms. The molecule has 5 rings (SSSR count). The lowest BCUT2D eigenvalue weighted by Crippen LogP contribution is -2.36. The van der Waals surface area contributed by atoms with E-state index >= 15 is 0 Å². The number of likely N-dealkylation sites (tertiary alicyclic amines) is 1. The van der Waals surface area contributed by atoms with Gasteiger partial charge in [-0.2, -0.15) is 0 Å². The molecule has 2 atom stereocenters. The predicted molar refractivity (Wildman–Crippen MR) is 129 cm³/mol. The number of benzene rings is 2. The van der Waals surface area contributed by atoms with Crippen LogP contribution in [-0.2, 0) is 22.9 Å². The quantitative estimate of drug-likeness (QED) is 0.575. The Bertz CT molecular complexity index is 1260. The summed E-state index contributed by atoms with van der Waals surface area (Å²) in [4.78, 5) is 8.48. The van der Waals surface area contributed by atoms with Crippen molar-refractivity contribution in [2.24, 2.45) is 5.14 Å². The molecule has 2 heterocycles. The Morgan fingerprint density at radius 3 is 2.85 bits per heavy atom. The number of aromatic nitrogens is 1. The van der Waals surface area contributed by atoms with Gasteiger partial charge in [0.2, 0.25) is 10.0 Å². The third kappa shape index (κ3) is 4.42. The van der Waals surface area contributed by atoms with Crippen LogP contribution in [0.15, 0.2) is 52.2 Å². The van der Waals surface area contributed by atoms with Gasteiger partial charge in [-0.3, -0.25) is 4.90 Å². The van der Waals surface area contributed by atoms with E-state index in [2.05, 4.69) is 39.0 Å². The van der Waals surface area contributed by atoms with Crippen LogP contribution < -0.4 is 10.0 Å². The van der Waals surface area contributed by atoms with Crippen molar-refractivity contribution in [2.45, 2.75) is 42.7 Å². The third-order valence-corrected chi connectivity index (χ3v) is 8.52. The number of hydrogen-bond donors (Lipinski definition) is 1. The number of nitrogens with two attached hydrogens (primary N) is 1. The number of sulfonamides is 1. The van der Waals surface area contributed by atoms with Crippen molar-refractivity contribution in [3.05, 3.63) is 75.5 Å². The van der Waals surface area contributed by atoms with Crippen LogP contribution in [0.25, 0.3) is 0 Å². The van der Waals surface area contributed by atoms with E-state index in [-0.39, 0.29) is 6.04 Å². The van der Waals surface area contributed by atoms with E-state index in [1.807, 2.05) is 12.4 Å². The van der Waals surface area contributed by atoms with Crippen molar-refractivity contribution in [3.63, 3.8) is 0 Å². The number of rotatable bonds is 6. The molecular weight excluding hydrogens is 459 g/mol. The molecule has 9 heteroatoms. The summed E-state index contributed by atoms with van der Waals surface area (Å²) in [5.74, 6) is -0.819. The topological polar surface area (TPSA) is 79.5 Å². The van der Waals surface area contributed by atoms with Gasteiger partial charge >= 0.3 is 0 Å². The van der Waals surface area contributed by atoms with Gasteiger partial charge < -0.3 is 4.90 Å². The Morgan fingerprint density at radius 2 is 2.09 bits per heavy atom. The number of fused-ring (bicyclic) bond motifs is 1. The van der Waals surface area contributed by atoms with E-state index in [4.69, 9.17) is 5.14 Å². The summed E-state index contributed by atoms with van der Waals surface area (Å²) in [5, 5.41) is 7.19. The van der Waals surface area contributed by atoms with E-state index in [9.17, 15) is 12.8 Å². The summed E-state index contributed by atoms with van der Waals surface area (Å²) >= 11 is 1.47. The minimum absolute atomic E-state index is 0.201. The smallest absolute Gasteiger partial charge is 0.240 e. The molecule has 0 amide bonds. The highest BCUT2D eigenvalue weighted by Gasteiger charge is 2.35. The van der Waals surface area contributed by atoms with E-state index in [0.717, 1.165) is 38.0 Å². The fourth-order valence-corrected chi connectivity index (χ4v) is 6.47. The molecule has 2 N–H and O–H groups in total. The number of nitrogens with zero attached hydrogens (tertiary/aromatic N) is 3. The highest BCUT2D eigenvalue weighted by Crippen LogP contribution is 2.39. The zero-order valence-electron chi connectivity index (χ0n) is 18.4. The van der Waals surface area contributed by atoms with E-state index in [1.165, 1.54) is 34.6 Å². The Hall–Kier alpha value is -2.33. The molecule has 0 saturated carbocycles. The second-order valence-electron chi connectivity index (χ2n) is 8.91. The molecule has 1 fully saturated rings. The maximum atomic E-state index is 14.8. The number of thiazole rings is 1. The Morgan fingerprint density at radius 1 is 1.27 bits per heavy atom. The molecule has 1 aliphatic heterocycles. The molecule has 2 aromatic carbocycles. The highest BCUT2D eigenvalue weighted by atomic mass is 32.2. The van der Waals surface area contributed by atoms with Crippen LogP contribution in [-0.4, -0.2) is 44.5 Å². The fourth-order valence-electron chi connectivity index (χ4n) is 5.27. The normalized spacial score (nSPS) is 20.8. The summed E-state index contributed by atoms with van der Waals surface area (Å²) in [6, 6.07) is 12.0. The Balaban J connectivity index is 1.42. The SMILES string of the molecule is CN(c1cc(F)c(S(N)(=O)=O)cc1Cc1cscn1)[C@H]1CCN([C@H]2CCc3ccccc32)C1. The van der Waals surface area contributed by atoms with Crippen LogP contribution in [0.3, 0.4) is 0 Å². The molecule has 6 nitrogen and oxygen atoms in total. The summed E-state index contributed by atoms with van der Waals surface area (Å²) in [5.41, 5.74) is 6.80. The van der Waals surface area contributed by atoms with Gasteiger partial charge in [0.05, 0.1) is 11.2 Å². The number of primary sulfonamides is 1. The van der Waals surface area contributed by atoms with E-state index in [0.29, 0.717) is 23.7 Å². The van der Waals surface area contributed by atoms with Crippen LogP contribution in [0, 0.1) is 5.82 Å². The van der Waals surface area contributed by atoms with Gasteiger partial charge in [0, 0.05) is 49.7 Å². The van der Waals surface area contributed by atoms with Gasteiger partial charge in [-0.1, -0.05) is 24.3 Å². The molecule has 2 aliphatic rings. The zero-order valence-corrected chi connectivity index (χ0v) is 20.1. The zero-order chi connectivity index (χ0) is 23.2. The lowest BCUT2D eigenvalue weighted by atomic mass is 10.0. The van der Waals surface area contributed by atoms with Gasteiger partial charge in [0.15, 0.2) is 0 Å². The number of hydrogen-bond acceptors (Lipinski definition) is 6. The van der Waals surface area contributed by atoms with Crippen molar-refractivity contribution in [1.82, 2.24) is 9.88 Å². The Labute approximate surface area is 197 Å². The number of halogens is 1. The molecule has 0 spiro atoms. The monoisotopic (exact) mass is 486 g/mol. The fraction of sp³-hybridized carbons (Fsp3) is 0.375. The standard InChI is InChI=1S/C24H27FN4O2S2/c1-28(19-8-9-29(13-19)22-7-6-16-4-2-3-5-20(16)22)23-12-21(25)24(33(26,30)31)11-17(23)10-18-14-32-15-27-18/h2-5,11-12,14-15,19,22H,6-10,13H2,1H3,(H2,26,30,31)/t19-,22-/m0/s1. The van der Waals surface area contributed by atoms with Gasteiger partial charge in [-0.15, -0.1) is 11.3 Å². The molecule has 1 saturated heterocycles.